The molecular weight excluding hydrogens is 1300 g/mol. The van der Waals surface area contributed by atoms with Gasteiger partial charge in [0, 0.05) is 84.8 Å². The first-order valence-corrected chi connectivity index (χ1v) is 41.4. The summed E-state index contributed by atoms with van der Waals surface area (Å²) in [7, 11) is 0. The van der Waals surface area contributed by atoms with Gasteiger partial charge >= 0.3 is 0 Å². The van der Waals surface area contributed by atoms with Crippen molar-refractivity contribution in [1.82, 2.24) is 13.7 Å². The second-order valence-corrected chi connectivity index (χ2v) is 25.2. The highest BCUT2D eigenvalue weighted by Crippen LogP contribution is 2.53. The minimum atomic E-state index is 0.966. The van der Waals surface area contributed by atoms with Crippen molar-refractivity contribution in [2.24, 2.45) is 0 Å². The van der Waals surface area contributed by atoms with Crippen LogP contribution < -0.4 is 0 Å². The molecule has 0 amide bonds. The summed E-state index contributed by atoms with van der Waals surface area (Å²) in [4.78, 5) is 0. The summed E-state index contributed by atoms with van der Waals surface area (Å²) in [6.07, 6.45) is 3.03. The average Bonchev–Trinajstić information content (AvgIpc) is 1.55. The number of benzene rings is 15. The van der Waals surface area contributed by atoms with E-state index in [1.54, 1.807) is 0 Å². The van der Waals surface area contributed by atoms with Crippen LogP contribution in [0.25, 0.3) is 163 Å². The molecule has 0 atom stereocenters. The molecule has 0 aliphatic heterocycles. The topological polar surface area (TPSA) is 14.8 Å². The lowest BCUT2D eigenvalue weighted by atomic mass is 9.93. The molecule has 0 N–H and O–H groups in total. The molecule has 0 saturated heterocycles. The van der Waals surface area contributed by atoms with E-state index in [2.05, 4.69) is 289 Å². The Balaban J connectivity index is 0.000000156. The van der Waals surface area contributed by atoms with Gasteiger partial charge in [0.2, 0.25) is 0 Å². The van der Waals surface area contributed by atoms with E-state index in [1.807, 2.05) is 125 Å². The molecule has 21 rings (SSSR count). The number of para-hydroxylation sites is 1. The third-order valence-corrected chi connectivity index (χ3v) is 20.9. The van der Waals surface area contributed by atoms with Crippen LogP contribution in [0.2, 0.25) is 0 Å². The Kier molecular flexibility index (Phi) is 27.1. The smallest absolute Gasteiger partial charge is 0.0574 e. The summed E-state index contributed by atoms with van der Waals surface area (Å²) in [6.45, 7) is 45.7. The zero-order valence-electron chi connectivity index (χ0n) is 68.8. The van der Waals surface area contributed by atoms with Crippen LogP contribution in [0.5, 0.6) is 0 Å². The van der Waals surface area contributed by atoms with E-state index < -0.39 is 0 Å². The normalized spacial score (nSPS) is 11.2. The van der Waals surface area contributed by atoms with Crippen LogP contribution in [-0.2, 0) is 38.9 Å². The van der Waals surface area contributed by atoms with E-state index in [0.717, 1.165) is 38.9 Å². The third-order valence-electron chi connectivity index (χ3n) is 20.9. The van der Waals surface area contributed by atoms with E-state index in [1.165, 1.54) is 197 Å². The van der Waals surface area contributed by atoms with Crippen LogP contribution in [0.15, 0.2) is 255 Å². The number of aromatic nitrogens is 3. The van der Waals surface area contributed by atoms with Crippen LogP contribution >= 0.6 is 0 Å². The van der Waals surface area contributed by atoms with Gasteiger partial charge in [-0.15, -0.1) is 0 Å². The van der Waals surface area contributed by atoms with Crippen molar-refractivity contribution in [2.75, 3.05) is 0 Å². The second-order valence-electron chi connectivity index (χ2n) is 25.2. The molecule has 552 valence electrons. The lowest BCUT2D eigenvalue weighted by Crippen LogP contribution is -1.95. The molecule has 0 bridgehead atoms. The van der Waals surface area contributed by atoms with E-state index in [-0.39, 0.29) is 0 Å². The first-order chi connectivity index (χ1) is 53.5. The Morgan fingerprint density at radius 1 is 0.213 bits per heavy atom. The van der Waals surface area contributed by atoms with E-state index >= 15 is 0 Å². The summed E-state index contributed by atoms with van der Waals surface area (Å²) >= 11 is 0. The minimum absolute atomic E-state index is 0.966. The van der Waals surface area contributed by atoms with E-state index in [9.17, 15) is 0 Å². The Morgan fingerprint density at radius 3 is 1.19 bits per heavy atom. The second kappa shape index (κ2) is 36.7. The van der Waals surface area contributed by atoms with Gasteiger partial charge in [-0.05, 0) is 197 Å². The van der Waals surface area contributed by atoms with Crippen LogP contribution in [0.3, 0.4) is 0 Å². The van der Waals surface area contributed by atoms with Crippen LogP contribution in [0.4, 0.5) is 0 Å². The van der Waals surface area contributed by atoms with Crippen LogP contribution in [0.1, 0.15) is 179 Å². The SMILES string of the molecule is CC.CC.CC.CC.CC.CC.CC.CC.CC.CCn1c2cc3ccccc3cc2c2c3c(c4ccccc4c21)-c1ccccc1C3.CCn1c2ccc3c(c2c2c4ccccc4ccc21)Cc1c-3ccc2ccccc12.CCn1c2ccccc2c2c3c(c4ccccc4c21)-c1cc2ccccc2cc1C3. The monoisotopic (exact) mass is 1420 g/mol. The van der Waals surface area contributed by atoms with Crippen molar-refractivity contribution >= 4 is 130 Å². The van der Waals surface area contributed by atoms with Gasteiger partial charge in [-0.2, -0.15) is 0 Å². The predicted octanol–water partition coefficient (Wildman–Crippen LogP) is 32.3. The minimum Gasteiger partial charge on any atom is -0.341 e. The highest BCUT2D eigenvalue weighted by Gasteiger charge is 2.31. The molecule has 3 aliphatic rings. The predicted molar refractivity (Wildman–Crippen MR) is 487 cm³/mol. The lowest BCUT2D eigenvalue weighted by molar-refractivity contribution is 0.827. The number of aryl methyl sites for hydroxylation is 3. The van der Waals surface area contributed by atoms with E-state index in [4.69, 9.17) is 0 Å². The van der Waals surface area contributed by atoms with Crippen molar-refractivity contribution in [3.05, 3.63) is 288 Å². The van der Waals surface area contributed by atoms with Gasteiger partial charge in [-0.3, -0.25) is 0 Å². The Hall–Kier alpha value is -10.7. The van der Waals surface area contributed by atoms with Gasteiger partial charge in [0.05, 0.1) is 11.0 Å². The molecule has 3 heteroatoms. The van der Waals surface area contributed by atoms with Crippen molar-refractivity contribution in [3.8, 4) is 33.4 Å². The van der Waals surface area contributed by atoms with Crippen molar-refractivity contribution < 1.29 is 0 Å². The van der Waals surface area contributed by atoms with Gasteiger partial charge in [0.25, 0.3) is 0 Å². The molecule has 3 aromatic heterocycles. The quantitative estimate of drug-likeness (QED) is 0.167. The number of fused-ring (bicyclic) bond motifs is 33. The van der Waals surface area contributed by atoms with Crippen molar-refractivity contribution in [3.63, 3.8) is 0 Å². The maximum atomic E-state index is 2.53. The highest BCUT2D eigenvalue weighted by atomic mass is 15.0. The zero-order chi connectivity index (χ0) is 77.5. The third kappa shape index (κ3) is 13.5. The molecule has 0 fully saturated rings. The van der Waals surface area contributed by atoms with Gasteiger partial charge in [0.1, 0.15) is 0 Å². The first kappa shape index (κ1) is 79.8. The number of hydrogen-bond acceptors (Lipinski definition) is 0. The van der Waals surface area contributed by atoms with Crippen LogP contribution in [-0.4, -0.2) is 13.7 Å². The summed E-state index contributed by atoms with van der Waals surface area (Å²) < 4.78 is 7.52. The molecule has 15 aromatic carbocycles. The van der Waals surface area contributed by atoms with Crippen molar-refractivity contribution in [1.29, 1.82) is 0 Å². The molecular formula is C105H117N3. The maximum absolute atomic E-state index is 2.53. The molecule has 0 spiro atoms. The molecule has 0 unspecified atom stereocenters. The molecule has 18 aromatic rings. The molecule has 3 aliphatic carbocycles. The summed E-state index contributed by atoms with van der Waals surface area (Å²) in [5, 5.41) is 24.7. The average molecular weight is 1420 g/mol. The fourth-order valence-electron chi connectivity index (χ4n) is 17.2. The van der Waals surface area contributed by atoms with Gasteiger partial charge in [-0.25, -0.2) is 0 Å². The zero-order valence-corrected chi connectivity index (χ0v) is 68.8. The summed E-state index contributed by atoms with van der Waals surface area (Å²) in [5.74, 6) is 0. The lowest BCUT2D eigenvalue weighted by Gasteiger charge is -2.12. The fraction of sp³-hybridized carbons (Fsp3) is 0.257. The fourth-order valence-corrected chi connectivity index (χ4v) is 17.2. The number of rotatable bonds is 3. The Bertz CT molecular complexity index is 6140. The first-order valence-electron chi connectivity index (χ1n) is 41.4. The van der Waals surface area contributed by atoms with Crippen LogP contribution in [0, 0.1) is 0 Å². The number of hydrogen-bond donors (Lipinski definition) is 0. The Labute approximate surface area is 645 Å². The summed E-state index contributed by atoms with van der Waals surface area (Å²) in [5.41, 5.74) is 25.6. The van der Waals surface area contributed by atoms with Gasteiger partial charge in [0.15, 0.2) is 0 Å². The number of nitrogens with zero attached hydrogens (tertiary/aromatic N) is 3. The summed E-state index contributed by atoms with van der Waals surface area (Å²) in [6, 6.07) is 94.5. The molecule has 0 saturated carbocycles. The largest absolute Gasteiger partial charge is 0.341 e. The van der Waals surface area contributed by atoms with E-state index in [0.29, 0.717) is 0 Å². The molecule has 0 radical (unpaired) electrons. The van der Waals surface area contributed by atoms with Crippen molar-refractivity contribution in [2.45, 2.75) is 184 Å². The molecule has 3 heterocycles. The molecule has 3 nitrogen and oxygen atoms in total. The highest BCUT2D eigenvalue weighted by molar-refractivity contribution is 6.28. The van der Waals surface area contributed by atoms with Gasteiger partial charge in [-0.1, -0.05) is 343 Å². The standard InChI is InChI=1S/3C29H21N.9C2H6/c1-2-30-26-15-12-19-8-4-6-10-21(19)28(26)29-25-17-24-20-9-5-3-7-18(20)11-13-22(24)23(25)14-16-27(29)30;1-2-30-26-17-19-10-4-3-9-18(19)15-24(26)28-25-16-20-11-5-6-12-21(20)27(25)22-13-7-8-14-23(22)29(28)30;1-2-30-26-14-8-7-13-23(26)28-25-17-20-15-18-9-3-4-10-19(18)16-24(20)27(25)21-11-5-6-12-22(21)29(28)30;9*1-2/h3-16H,2,17H2,1H3;3-15,17H,2,16H2,1H3;3-16H,2,17H2,1H3;9*1-2H3. The maximum Gasteiger partial charge on any atom is 0.0574 e. The van der Waals surface area contributed by atoms with Gasteiger partial charge < -0.3 is 13.7 Å². The Morgan fingerprint density at radius 2 is 0.602 bits per heavy atom. The molecule has 108 heavy (non-hydrogen) atoms.